The number of nitrogens with zero attached hydrogens (tertiary/aromatic N) is 4. The lowest BCUT2D eigenvalue weighted by Crippen LogP contribution is -2.53. The minimum atomic E-state index is -3.88. The van der Waals surface area contributed by atoms with Gasteiger partial charge in [-0.15, -0.1) is 0 Å². The highest BCUT2D eigenvalue weighted by Crippen LogP contribution is 2.47. The third kappa shape index (κ3) is 4.07. The molecule has 0 bridgehead atoms. The van der Waals surface area contributed by atoms with Crippen LogP contribution in [0.5, 0.6) is 0 Å². The fourth-order valence-corrected chi connectivity index (χ4v) is 6.93. The SMILES string of the molecule is O=C(c1ccccn1)C12Cc3cnn(-c4ccc(F)cc4)c3C=C1CCN(S(=O)(=O)c1ccc(Cl)cc1)C2. The number of hydrogen-bond donors (Lipinski definition) is 0. The van der Waals surface area contributed by atoms with Gasteiger partial charge in [0.2, 0.25) is 10.0 Å². The van der Waals surface area contributed by atoms with Gasteiger partial charge in [0, 0.05) is 24.3 Å². The smallest absolute Gasteiger partial charge is 0.243 e. The van der Waals surface area contributed by atoms with Crippen LogP contribution in [0.3, 0.4) is 0 Å². The van der Waals surface area contributed by atoms with Gasteiger partial charge in [-0.1, -0.05) is 23.2 Å². The number of carbonyl (C=O) groups is 1. The summed E-state index contributed by atoms with van der Waals surface area (Å²) in [6.07, 6.45) is 5.80. The zero-order chi connectivity index (χ0) is 26.5. The number of rotatable bonds is 5. The number of hydrogen-bond acceptors (Lipinski definition) is 5. The minimum Gasteiger partial charge on any atom is -0.291 e. The summed E-state index contributed by atoms with van der Waals surface area (Å²) in [4.78, 5) is 18.5. The summed E-state index contributed by atoms with van der Waals surface area (Å²) in [7, 11) is -3.88. The molecule has 0 spiro atoms. The Morgan fingerprint density at radius 3 is 2.50 bits per heavy atom. The number of pyridine rings is 1. The molecule has 0 radical (unpaired) electrons. The quantitative estimate of drug-likeness (QED) is 0.329. The van der Waals surface area contributed by atoms with Gasteiger partial charge in [0.05, 0.1) is 27.9 Å². The molecule has 192 valence electrons. The van der Waals surface area contributed by atoms with E-state index in [-0.39, 0.29) is 41.7 Å². The van der Waals surface area contributed by atoms with Crippen LogP contribution in [0.4, 0.5) is 4.39 Å². The van der Waals surface area contributed by atoms with Crippen LogP contribution in [0.2, 0.25) is 5.02 Å². The first-order valence-corrected chi connectivity index (χ1v) is 13.9. The molecule has 0 amide bonds. The van der Waals surface area contributed by atoms with E-state index in [0.29, 0.717) is 17.1 Å². The minimum absolute atomic E-state index is 0.0274. The van der Waals surface area contributed by atoms with E-state index in [4.69, 9.17) is 11.6 Å². The van der Waals surface area contributed by atoms with Crippen molar-refractivity contribution < 1.29 is 17.6 Å². The summed E-state index contributed by atoms with van der Waals surface area (Å²) < 4.78 is 43.9. The zero-order valence-corrected chi connectivity index (χ0v) is 21.7. The van der Waals surface area contributed by atoms with Crippen molar-refractivity contribution in [3.63, 3.8) is 0 Å². The monoisotopic (exact) mass is 548 g/mol. The summed E-state index contributed by atoms with van der Waals surface area (Å²) >= 11 is 5.98. The fraction of sp³-hybridized carbons (Fsp3) is 0.179. The van der Waals surface area contributed by atoms with Crippen molar-refractivity contribution in [3.05, 3.63) is 112 Å². The van der Waals surface area contributed by atoms with Crippen molar-refractivity contribution in [2.75, 3.05) is 13.1 Å². The van der Waals surface area contributed by atoms with Gasteiger partial charge in [0.25, 0.3) is 0 Å². The number of carbonyl (C=O) groups excluding carboxylic acids is 1. The molecule has 1 fully saturated rings. The van der Waals surface area contributed by atoms with Gasteiger partial charge in [-0.3, -0.25) is 9.78 Å². The molecule has 0 saturated carbocycles. The lowest BCUT2D eigenvalue weighted by molar-refractivity contribution is 0.0770. The molecule has 1 atom stereocenters. The maximum atomic E-state index is 14.1. The molecule has 38 heavy (non-hydrogen) atoms. The summed E-state index contributed by atoms with van der Waals surface area (Å²) in [5.41, 5.74) is 2.25. The third-order valence-electron chi connectivity index (χ3n) is 7.24. The highest BCUT2D eigenvalue weighted by atomic mass is 35.5. The molecule has 6 rings (SSSR count). The Kier molecular flexibility index (Phi) is 6.02. The molecule has 0 N–H and O–H groups in total. The lowest BCUT2D eigenvalue weighted by Gasteiger charge is -2.44. The molecule has 10 heteroatoms. The highest BCUT2D eigenvalue weighted by molar-refractivity contribution is 7.89. The summed E-state index contributed by atoms with van der Waals surface area (Å²) in [5, 5.41) is 4.96. The molecule has 1 saturated heterocycles. The van der Waals surface area contributed by atoms with Gasteiger partial charge in [-0.2, -0.15) is 9.40 Å². The molecular weight excluding hydrogens is 527 g/mol. The van der Waals surface area contributed by atoms with Crippen molar-refractivity contribution in [1.82, 2.24) is 19.1 Å². The predicted octanol–water partition coefficient (Wildman–Crippen LogP) is 4.96. The Morgan fingerprint density at radius 1 is 1.03 bits per heavy atom. The molecule has 1 aliphatic carbocycles. The first-order chi connectivity index (χ1) is 18.3. The number of piperidine rings is 1. The second kappa shape index (κ2) is 9.27. The van der Waals surface area contributed by atoms with Crippen LogP contribution in [-0.4, -0.2) is 46.4 Å². The van der Waals surface area contributed by atoms with Crippen LogP contribution in [0.25, 0.3) is 11.8 Å². The highest BCUT2D eigenvalue weighted by Gasteiger charge is 2.51. The average Bonchev–Trinajstić information content (AvgIpc) is 3.34. The number of halogens is 2. The van der Waals surface area contributed by atoms with Crippen LogP contribution in [0.15, 0.2) is 89.6 Å². The van der Waals surface area contributed by atoms with Crippen LogP contribution in [-0.2, 0) is 16.4 Å². The lowest BCUT2D eigenvalue weighted by atomic mass is 9.65. The first-order valence-electron chi connectivity index (χ1n) is 12.0. The van der Waals surface area contributed by atoms with E-state index in [1.807, 2.05) is 6.08 Å². The van der Waals surface area contributed by atoms with E-state index in [2.05, 4.69) is 10.1 Å². The maximum absolute atomic E-state index is 14.1. The normalized spacial score (nSPS) is 19.4. The Morgan fingerprint density at radius 2 is 1.79 bits per heavy atom. The first kappa shape index (κ1) is 24.7. The van der Waals surface area contributed by atoms with Gasteiger partial charge in [-0.05, 0) is 85.1 Å². The molecule has 2 aliphatic rings. The van der Waals surface area contributed by atoms with E-state index in [9.17, 15) is 17.6 Å². The molecular formula is C28H22ClFN4O3S. The summed E-state index contributed by atoms with van der Waals surface area (Å²) in [6, 6.07) is 17.2. The number of aromatic nitrogens is 3. The Hall–Kier alpha value is -3.66. The standard InChI is InChI=1S/C28H22ClFN4O3S/c29-21-4-10-24(11-5-21)38(36,37)33-14-12-20-15-26-19(17-32-34(26)23-8-6-22(30)7-9-23)16-28(20,18-33)27(35)25-3-1-2-13-31-25/h1-11,13,15,17H,12,14,16,18H2. The molecule has 4 aromatic rings. The maximum Gasteiger partial charge on any atom is 0.243 e. The number of benzene rings is 2. The molecule has 1 unspecified atom stereocenters. The Balaban J connectivity index is 1.45. The summed E-state index contributed by atoms with van der Waals surface area (Å²) in [5.74, 6) is -0.581. The number of sulfonamides is 1. The predicted molar refractivity (Wildman–Crippen MR) is 141 cm³/mol. The number of fused-ring (bicyclic) bond motifs is 2. The van der Waals surface area contributed by atoms with Gasteiger partial charge in [-0.25, -0.2) is 17.5 Å². The van der Waals surface area contributed by atoms with Crippen molar-refractivity contribution in [1.29, 1.82) is 0 Å². The van der Waals surface area contributed by atoms with Crippen LogP contribution >= 0.6 is 11.6 Å². The van der Waals surface area contributed by atoms with Crippen molar-refractivity contribution in [2.45, 2.75) is 17.7 Å². The van der Waals surface area contributed by atoms with E-state index >= 15 is 0 Å². The Labute approximate surface area is 224 Å². The van der Waals surface area contributed by atoms with Crippen LogP contribution < -0.4 is 0 Å². The number of ketones is 1. The second-order valence-corrected chi connectivity index (χ2v) is 11.8. The zero-order valence-electron chi connectivity index (χ0n) is 20.1. The van der Waals surface area contributed by atoms with E-state index in [1.54, 1.807) is 47.4 Å². The van der Waals surface area contributed by atoms with Crippen LogP contribution in [0.1, 0.15) is 28.2 Å². The van der Waals surface area contributed by atoms with Gasteiger partial charge in [0.1, 0.15) is 11.5 Å². The largest absolute Gasteiger partial charge is 0.291 e. The van der Waals surface area contributed by atoms with Crippen molar-refractivity contribution in [3.8, 4) is 5.69 Å². The van der Waals surface area contributed by atoms with E-state index in [0.717, 1.165) is 16.8 Å². The average molecular weight is 549 g/mol. The van der Waals surface area contributed by atoms with Gasteiger partial charge >= 0.3 is 0 Å². The molecule has 7 nitrogen and oxygen atoms in total. The fourth-order valence-electron chi connectivity index (χ4n) is 5.31. The number of Topliss-reactive ketones (excluding diaryl/α,β-unsaturated/α-hetero) is 1. The van der Waals surface area contributed by atoms with Gasteiger partial charge in [0.15, 0.2) is 5.78 Å². The Bertz CT molecular complexity index is 1670. The molecule has 1 aliphatic heterocycles. The molecule has 3 heterocycles. The molecule has 2 aromatic carbocycles. The third-order valence-corrected chi connectivity index (χ3v) is 9.35. The van der Waals surface area contributed by atoms with Gasteiger partial charge < -0.3 is 0 Å². The van der Waals surface area contributed by atoms with Crippen LogP contribution in [0, 0.1) is 11.2 Å². The van der Waals surface area contributed by atoms with E-state index in [1.165, 1.54) is 40.7 Å². The second-order valence-electron chi connectivity index (χ2n) is 9.46. The van der Waals surface area contributed by atoms with E-state index < -0.39 is 15.4 Å². The van der Waals surface area contributed by atoms with Crippen molar-refractivity contribution >= 4 is 33.5 Å². The molecule has 2 aromatic heterocycles. The topological polar surface area (TPSA) is 85.2 Å². The van der Waals surface area contributed by atoms with Crippen molar-refractivity contribution in [2.24, 2.45) is 5.41 Å². The summed E-state index contributed by atoms with van der Waals surface area (Å²) in [6.45, 7) is 0.189.